The quantitative estimate of drug-likeness (QED) is 0.852. The summed E-state index contributed by atoms with van der Waals surface area (Å²) in [6.45, 7) is 10.6. The normalized spacial score (nSPS) is 20.0. The van der Waals surface area contributed by atoms with Crippen molar-refractivity contribution in [2.45, 2.75) is 58.2 Å². The molecule has 6 heteroatoms. The molecule has 1 N–H and O–H groups in total. The van der Waals surface area contributed by atoms with Gasteiger partial charge in [-0.05, 0) is 52.0 Å². The van der Waals surface area contributed by atoms with Crippen LogP contribution in [0.1, 0.15) is 39.0 Å². The van der Waals surface area contributed by atoms with E-state index in [0.717, 1.165) is 19.4 Å². The third-order valence-corrected chi connectivity index (χ3v) is 4.86. The minimum atomic E-state index is -0.468. The van der Waals surface area contributed by atoms with Crippen molar-refractivity contribution in [1.29, 1.82) is 0 Å². The molecule has 0 aliphatic carbocycles. The van der Waals surface area contributed by atoms with Crippen LogP contribution in [-0.2, 0) is 15.9 Å². The van der Waals surface area contributed by atoms with Gasteiger partial charge in [-0.2, -0.15) is 0 Å². The maximum atomic E-state index is 12.4. The third kappa shape index (κ3) is 6.42. The molecule has 5 nitrogen and oxygen atoms in total. The van der Waals surface area contributed by atoms with E-state index >= 15 is 0 Å². The van der Waals surface area contributed by atoms with Crippen molar-refractivity contribution < 1.29 is 14.3 Å². The maximum absolute atomic E-state index is 12.4. The fourth-order valence-corrected chi connectivity index (χ4v) is 3.51. The second kappa shape index (κ2) is 8.83. The van der Waals surface area contributed by atoms with Crippen LogP contribution in [-0.4, -0.2) is 55.0 Å². The minimum Gasteiger partial charge on any atom is -0.444 e. The Morgan fingerprint density at radius 1 is 1.54 bits per heavy atom. The van der Waals surface area contributed by atoms with Gasteiger partial charge in [0, 0.05) is 24.0 Å². The molecule has 0 aromatic carbocycles. The zero-order valence-electron chi connectivity index (χ0n) is 15.2. The van der Waals surface area contributed by atoms with Crippen LogP contribution >= 0.6 is 11.3 Å². The Morgan fingerprint density at radius 2 is 2.33 bits per heavy atom. The highest BCUT2D eigenvalue weighted by Gasteiger charge is 2.31. The van der Waals surface area contributed by atoms with Crippen LogP contribution in [0.2, 0.25) is 0 Å². The maximum Gasteiger partial charge on any atom is 0.410 e. The number of thiophene rings is 1. The Hall–Kier alpha value is -1.11. The molecule has 0 unspecified atom stereocenters. The van der Waals surface area contributed by atoms with Gasteiger partial charge in [0.25, 0.3) is 0 Å². The van der Waals surface area contributed by atoms with Gasteiger partial charge in [0.2, 0.25) is 0 Å². The number of ether oxygens (including phenoxy) is 2. The second-order valence-corrected chi connectivity index (χ2v) is 8.35. The fourth-order valence-electron chi connectivity index (χ4n) is 2.80. The lowest BCUT2D eigenvalue weighted by molar-refractivity contribution is -0.0355. The largest absolute Gasteiger partial charge is 0.444 e. The van der Waals surface area contributed by atoms with E-state index in [-0.39, 0.29) is 12.1 Å². The van der Waals surface area contributed by atoms with Gasteiger partial charge in [-0.1, -0.05) is 6.07 Å². The molecule has 1 aliphatic rings. The third-order valence-electron chi connectivity index (χ3n) is 3.93. The number of carbonyl (C=O) groups is 1. The Bertz CT molecular complexity index is 499. The molecule has 0 radical (unpaired) electrons. The molecule has 1 saturated heterocycles. The summed E-state index contributed by atoms with van der Waals surface area (Å²) in [7, 11) is 0. The van der Waals surface area contributed by atoms with E-state index in [0.29, 0.717) is 25.8 Å². The molecular weight excluding hydrogens is 324 g/mol. The number of carbonyl (C=O) groups excluding carboxylic acids is 1. The van der Waals surface area contributed by atoms with Crippen molar-refractivity contribution in [2.75, 3.05) is 26.3 Å². The molecule has 2 rings (SSSR count). The van der Waals surface area contributed by atoms with Crippen LogP contribution in [0.4, 0.5) is 4.79 Å². The fraction of sp³-hybridized carbons (Fsp3) is 0.722. The monoisotopic (exact) mass is 354 g/mol. The number of amides is 1. The predicted octanol–water partition coefficient (Wildman–Crippen LogP) is 3.29. The van der Waals surface area contributed by atoms with Crippen molar-refractivity contribution in [2.24, 2.45) is 0 Å². The van der Waals surface area contributed by atoms with Crippen molar-refractivity contribution >= 4 is 17.4 Å². The Kier molecular flexibility index (Phi) is 7.07. The summed E-state index contributed by atoms with van der Waals surface area (Å²) in [6.07, 6.45) is 1.67. The molecule has 2 atom stereocenters. The molecule has 2 heterocycles. The van der Waals surface area contributed by atoms with Gasteiger partial charge in [0.15, 0.2) is 0 Å². The Morgan fingerprint density at radius 3 is 3.00 bits per heavy atom. The van der Waals surface area contributed by atoms with E-state index in [9.17, 15) is 4.79 Å². The molecule has 1 aliphatic heterocycles. The van der Waals surface area contributed by atoms with Crippen LogP contribution in [0.15, 0.2) is 17.5 Å². The number of rotatable bonds is 6. The lowest BCUT2D eigenvalue weighted by atomic mass is 10.1. The topological polar surface area (TPSA) is 50.8 Å². The number of morpholine rings is 1. The summed E-state index contributed by atoms with van der Waals surface area (Å²) in [5.41, 5.74) is -0.468. The SMILES string of the molecule is C[C@@H](C[C@H]1COCCN1C(=O)OC(C)(C)C)NCCc1cccs1. The highest BCUT2D eigenvalue weighted by Crippen LogP contribution is 2.17. The molecule has 0 spiro atoms. The summed E-state index contributed by atoms with van der Waals surface area (Å²) < 4.78 is 11.1. The first kappa shape index (κ1) is 19.2. The van der Waals surface area contributed by atoms with Crippen LogP contribution in [0.5, 0.6) is 0 Å². The lowest BCUT2D eigenvalue weighted by Gasteiger charge is -2.37. The van der Waals surface area contributed by atoms with E-state index in [1.165, 1.54) is 4.88 Å². The van der Waals surface area contributed by atoms with Crippen LogP contribution in [0.3, 0.4) is 0 Å². The van der Waals surface area contributed by atoms with Gasteiger partial charge in [-0.15, -0.1) is 11.3 Å². The van der Waals surface area contributed by atoms with Gasteiger partial charge < -0.3 is 19.7 Å². The molecule has 0 bridgehead atoms. The van der Waals surface area contributed by atoms with E-state index in [2.05, 4.69) is 29.8 Å². The van der Waals surface area contributed by atoms with E-state index < -0.39 is 5.60 Å². The van der Waals surface area contributed by atoms with Crippen molar-refractivity contribution in [3.8, 4) is 0 Å². The van der Waals surface area contributed by atoms with Gasteiger partial charge in [0.1, 0.15) is 5.60 Å². The number of hydrogen-bond acceptors (Lipinski definition) is 5. The summed E-state index contributed by atoms with van der Waals surface area (Å²) in [6, 6.07) is 4.64. The smallest absolute Gasteiger partial charge is 0.410 e. The standard InChI is InChI=1S/C18H30N2O3S/c1-14(19-8-7-16-6-5-11-24-16)12-15-13-22-10-9-20(15)17(21)23-18(2,3)4/h5-6,11,14-15,19H,7-10,12-13H2,1-4H3/t14-,15-/m0/s1. The average molecular weight is 355 g/mol. The van der Waals surface area contributed by atoms with E-state index in [4.69, 9.17) is 9.47 Å². The Balaban J connectivity index is 1.80. The first-order valence-electron chi connectivity index (χ1n) is 8.68. The Labute approximate surface area is 149 Å². The van der Waals surface area contributed by atoms with Crippen LogP contribution < -0.4 is 5.32 Å². The molecule has 1 aromatic rings. The lowest BCUT2D eigenvalue weighted by Crippen LogP contribution is -2.52. The van der Waals surface area contributed by atoms with E-state index in [1.54, 1.807) is 11.3 Å². The minimum absolute atomic E-state index is 0.0674. The first-order valence-corrected chi connectivity index (χ1v) is 9.56. The first-order chi connectivity index (χ1) is 11.3. The molecule has 136 valence electrons. The molecule has 1 amide bonds. The molecule has 1 fully saturated rings. The van der Waals surface area contributed by atoms with Crippen LogP contribution in [0.25, 0.3) is 0 Å². The van der Waals surface area contributed by atoms with Crippen molar-refractivity contribution in [3.63, 3.8) is 0 Å². The zero-order chi connectivity index (χ0) is 17.6. The molecule has 0 saturated carbocycles. The summed E-state index contributed by atoms with van der Waals surface area (Å²) in [4.78, 5) is 15.6. The summed E-state index contributed by atoms with van der Waals surface area (Å²) in [5, 5.41) is 5.66. The zero-order valence-corrected chi connectivity index (χ0v) is 16.0. The van der Waals surface area contributed by atoms with Crippen molar-refractivity contribution in [1.82, 2.24) is 10.2 Å². The van der Waals surface area contributed by atoms with Gasteiger partial charge in [-0.25, -0.2) is 4.79 Å². The predicted molar refractivity (Wildman–Crippen MR) is 97.7 cm³/mol. The molecule has 1 aromatic heterocycles. The number of nitrogens with zero attached hydrogens (tertiary/aromatic N) is 1. The molecule has 24 heavy (non-hydrogen) atoms. The summed E-state index contributed by atoms with van der Waals surface area (Å²) >= 11 is 1.79. The van der Waals surface area contributed by atoms with Crippen molar-refractivity contribution in [3.05, 3.63) is 22.4 Å². The van der Waals surface area contributed by atoms with Gasteiger partial charge in [0.05, 0.1) is 19.3 Å². The van der Waals surface area contributed by atoms with Gasteiger partial charge in [-0.3, -0.25) is 0 Å². The highest BCUT2D eigenvalue weighted by atomic mass is 32.1. The number of nitrogens with one attached hydrogen (secondary N) is 1. The van der Waals surface area contributed by atoms with Crippen LogP contribution in [0, 0.1) is 0 Å². The number of hydrogen-bond donors (Lipinski definition) is 1. The molecular formula is C18H30N2O3S. The van der Waals surface area contributed by atoms with Gasteiger partial charge >= 0.3 is 6.09 Å². The highest BCUT2D eigenvalue weighted by molar-refractivity contribution is 7.09. The van der Waals surface area contributed by atoms with E-state index in [1.807, 2.05) is 25.7 Å². The second-order valence-electron chi connectivity index (χ2n) is 7.32. The average Bonchev–Trinajstić information content (AvgIpc) is 2.99. The summed E-state index contributed by atoms with van der Waals surface area (Å²) in [5.74, 6) is 0.